The Morgan fingerprint density at radius 3 is 1.62 bits per heavy atom. The SMILES string of the molecule is Cc1cc(C23CC4CC(CC(C4)C2)C3)c(OCC2CO2)c(OCC2CO2)c1OCC1CO1. The highest BCUT2D eigenvalue weighted by molar-refractivity contribution is 5.62. The minimum atomic E-state index is 0.178. The van der Waals surface area contributed by atoms with Gasteiger partial charge in [0.05, 0.1) is 19.8 Å². The summed E-state index contributed by atoms with van der Waals surface area (Å²) in [5, 5.41) is 0. The third-order valence-electron chi connectivity index (χ3n) is 8.43. The van der Waals surface area contributed by atoms with Gasteiger partial charge in [-0.05, 0) is 80.2 Å². The van der Waals surface area contributed by atoms with Gasteiger partial charge in [-0.2, -0.15) is 0 Å². The van der Waals surface area contributed by atoms with Gasteiger partial charge in [-0.3, -0.25) is 0 Å². The Labute approximate surface area is 189 Å². The summed E-state index contributed by atoms with van der Waals surface area (Å²) in [6.45, 7) is 6.15. The third kappa shape index (κ3) is 3.78. The molecule has 6 heteroatoms. The van der Waals surface area contributed by atoms with Gasteiger partial charge >= 0.3 is 0 Å². The normalized spacial score (nSPS) is 40.3. The number of rotatable bonds is 10. The Bertz CT molecular complexity index is 850. The summed E-state index contributed by atoms with van der Waals surface area (Å²) < 4.78 is 35.6. The Kier molecular flexibility index (Phi) is 4.67. The minimum absolute atomic E-state index is 0.178. The molecule has 1 aromatic carbocycles. The molecule has 7 fully saturated rings. The molecule has 0 amide bonds. The Balaban J connectivity index is 1.30. The number of ether oxygens (including phenoxy) is 6. The van der Waals surface area contributed by atoms with Crippen LogP contribution in [0.15, 0.2) is 6.07 Å². The van der Waals surface area contributed by atoms with Crippen molar-refractivity contribution in [3.63, 3.8) is 0 Å². The van der Waals surface area contributed by atoms with E-state index in [1.807, 2.05) is 0 Å². The fraction of sp³-hybridized carbons (Fsp3) is 0.769. The molecular formula is C26H34O6. The molecule has 7 aliphatic rings. The fourth-order valence-electron chi connectivity index (χ4n) is 7.06. The van der Waals surface area contributed by atoms with E-state index in [0.717, 1.165) is 60.4 Å². The zero-order valence-corrected chi connectivity index (χ0v) is 19.0. The molecule has 1 aromatic rings. The lowest BCUT2D eigenvalue weighted by Gasteiger charge is -2.57. The first kappa shape index (κ1) is 19.9. The van der Waals surface area contributed by atoms with Crippen molar-refractivity contribution in [3.8, 4) is 17.2 Å². The molecule has 3 saturated heterocycles. The lowest BCUT2D eigenvalue weighted by Crippen LogP contribution is -2.48. The monoisotopic (exact) mass is 442 g/mol. The van der Waals surface area contributed by atoms with Crippen LogP contribution in [-0.4, -0.2) is 58.0 Å². The number of aryl methyl sites for hydroxylation is 1. The predicted molar refractivity (Wildman–Crippen MR) is 117 cm³/mol. The maximum Gasteiger partial charge on any atom is 0.204 e. The third-order valence-corrected chi connectivity index (χ3v) is 8.43. The molecule has 8 rings (SSSR count). The maximum absolute atomic E-state index is 6.55. The van der Waals surface area contributed by atoms with Crippen LogP contribution >= 0.6 is 0 Å². The maximum atomic E-state index is 6.55. The van der Waals surface area contributed by atoms with Crippen LogP contribution in [0.1, 0.15) is 49.7 Å². The van der Waals surface area contributed by atoms with Crippen molar-refractivity contribution < 1.29 is 28.4 Å². The molecule has 3 heterocycles. The first-order valence-electron chi connectivity index (χ1n) is 12.6. The zero-order chi connectivity index (χ0) is 21.3. The van der Waals surface area contributed by atoms with E-state index in [1.165, 1.54) is 44.1 Å². The largest absolute Gasteiger partial charge is 0.486 e. The van der Waals surface area contributed by atoms with Gasteiger partial charge in [0, 0.05) is 5.56 Å². The molecule has 4 saturated carbocycles. The van der Waals surface area contributed by atoms with Crippen LogP contribution in [0.5, 0.6) is 17.2 Å². The second-order valence-corrected chi connectivity index (χ2v) is 11.2. The van der Waals surface area contributed by atoms with Crippen LogP contribution in [0.25, 0.3) is 0 Å². The number of hydrogen-bond acceptors (Lipinski definition) is 6. The van der Waals surface area contributed by atoms with Crippen molar-refractivity contribution in [2.24, 2.45) is 17.8 Å². The smallest absolute Gasteiger partial charge is 0.204 e. The van der Waals surface area contributed by atoms with Gasteiger partial charge in [0.25, 0.3) is 0 Å². The van der Waals surface area contributed by atoms with Gasteiger partial charge in [-0.15, -0.1) is 0 Å². The quantitative estimate of drug-likeness (QED) is 0.514. The Morgan fingerprint density at radius 1 is 0.719 bits per heavy atom. The second-order valence-electron chi connectivity index (χ2n) is 11.2. The summed E-state index contributed by atoms with van der Waals surface area (Å²) in [7, 11) is 0. The molecule has 4 aliphatic carbocycles. The van der Waals surface area contributed by atoms with Crippen molar-refractivity contribution >= 4 is 0 Å². The lowest BCUT2D eigenvalue weighted by molar-refractivity contribution is -0.00672. The van der Waals surface area contributed by atoms with E-state index >= 15 is 0 Å². The summed E-state index contributed by atoms with van der Waals surface area (Å²) in [6.07, 6.45) is 8.71. The van der Waals surface area contributed by atoms with E-state index in [1.54, 1.807) is 0 Å². The van der Waals surface area contributed by atoms with Gasteiger partial charge in [0.1, 0.15) is 38.1 Å². The molecule has 6 nitrogen and oxygen atoms in total. The first-order chi connectivity index (χ1) is 15.6. The van der Waals surface area contributed by atoms with E-state index in [-0.39, 0.29) is 23.7 Å². The van der Waals surface area contributed by atoms with Crippen molar-refractivity contribution in [2.75, 3.05) is 39.6 Å². The van der Waals surface area contributed by atoms with E-state index < -0.39 is 0 Å². The molecule has 0 aromatic heterocycles. The number of hydrogen-bond donors (Lipinski definition) is 0. The highest BCUT2D eigenvalue weighted by Gasteiger charge is 2.53. The van der Waals surface area contributed by atoms with Crippen molar-refractivity contribution in [3.05, 3.63) is 17.2 Å². The predicted octanol–water partition coefficient (Wildman–Crippen LogP) is 3.80. The standard InChI is InChI=1S/C26H34O6/c1-15-2-22(26-6-16-3-17(7-26)5-18(4-16)8-26)24(31-13-20-10-28-20)25(32-14-21-11-29-21)23(15)30-12-19-9-27-19/h2,16-21H,3-14H2,1H3. The molecule has 3 aliphatic heterocycles. The summed E-state index contributed by atoms with van der Waals surface area (Å²) >= 11 is 0. The van der Waals surface area contributed by atoms with E-state index in [4.69, 9.17) is 28.4 Å². The average molecular weight is 443 g/mol. The highest BCUT2D eigenvalue weighted by Crippen LogP contribution is 2.63. The topological polar surface area (TPSA) is 65.3 Å². The fourth-order valence-corrected chi connectivity index (χ4v) is 7.06. The number of epoxide rings is 3. The molecule has 0 spiro atoms. The van der Waals surface area contributed by atoms with Crippen molar-refractivity contribution in [1.82, 2.24) is 0 Å². The van der Waals surface area contributed by atoms with Gasteiger partial charge in [-0.25, -0.2) is 0 Å². The highest BCUT2D eigenvalue weighted by atomic mass is 16.6. The van der Waals surface area contributed by atoms with E-state index in [2.05, 4.69) is 13.0 Å². The van der Waals surface area contributed by atoms with Crippen molar-refractivity contribution in [1.29, 1.82) is 0 Å². The Morgan fingerprint density at radius 2 is 1.16 bits per heavy atom. The van der Waals surface area contributed by atoms with Gasteiger partial charge in [-0.1, -0.05) is 0 Å². The van der Waals surface area contributed by atoms with Crippen LogP contribution in [-0.2, 0) is 19.6 Å². The van der Waals surface area contributed by atoms with Gasteiger partial charge in [0.15, 0.2) is 11.5 Å². The average Bonchev–Trinajstić information content (AvgIpc) is 3.59. The summed E-state index contributed by atoms with van der Waals surface area (Å²) in [6, 6.07) is 2.36. The van der Waals surface area contributed by atoms with E-state index in [0.29, 0.717) is 19.8 Å². The lowest BCUT2D eigenvalue weighted by atomic mass is 9.48. The molecule has 32 heavy (non-hydrogen) atoms. The van der Waals surface area contributed by atoms with Gasteiger partial charge in [0.2, 0.25) is 5.75 Å². The van der Waals surface area contributed by atoms with Crippen LogP contribution in [0.4, 0.5) is 0 Å². The van der Waals surface area contributed by atoms with Crippen molar-refractivity contribution in [2.45, 2.75) is 69.2 Å². The molecule has 0 radical (unpaired) electrons. The zero-order valence-electron chi connectivity index (χ0n) is 19.0. The molecule has 3 atom stereocenters. The Hall–Kier alpha value is -1.50. The molecule has 174 valence electrons. The minimum Gasteiger partial charge on any atom is -0.486 e. The molecule has 4 bridgehead atoms. The first-order valence-corrected chi connectivity index (χ1v) is 12.6. The molecule has 3 unspecified atom stereocenters. The van der Waals surface area contributed by atoms with E-state index in [9.17, 15) is 0 Å². The van der Waals surface area contributed by atoms with Crippen LogP contribution in [0.3, 0.4) is 0 Å². The molecular weight excluding hydrogens is 408 g/mol. The second kappa shape index (κ2) is 7.51. The van der Waals surface area contributed by atoms with Gasteiger partial charge < -0.3 is 28.4 Å². The van der Waals surface area contributed by atoms with Crippen LogP contribution in [0.2, 0.25) is 0 Å². The van der Waals surface area contributed by atoms with Crippen LogP contribution in [0, 0.1) is 24.7 Å². The summed E-state index contributed by atoms with van der Waals surface area (Å²) in [5.41, 5.74) is 2.71. The molecule has 0 N–H and O–H groups in total. The van der Waals surface area contributed by atoms with Crippen LogP contribution < -0.4 is 14.2 Å². The number of benzene rings is 1. The summed E-state index contributed by atoms with van der Waals surface area (Å²) in [4.78, 5) is 0. The summed E-state index contributed by atoms with van der Waals surface area (Å²) in [5.74, 6) is 5.09.